The molecule has 0 aliphatic rings. The maximum absolute atomic E-state index is 13.2. The zero-order valence-electron chi connectivity index (χ0n) is 10.8. The van der Waals surface area contributed by atoms with E-state index >= 15 is 0 Å². The van der Waals surface area contributed by atoms with E-state index in [1.807, 2.05) is 0 Å². The average molecular weight is 295 g/mol. The summed E-state index contributed by atoms with van der Waals surface area (Å²) in [6.45, 7) is 0.149. The van der Waals surface area contributed by atoms with Crippen molar-refractivity contribution in [3.8, 4) is 0 Å². The van der Waals surface area contributed by atoms with Crippen LogP contribution in [0.4, 0.5) is 13.2 Å². The van der Waals surface area contributed by atoms with E-state index in [2.05, 4.69) is 5.32 Å². The molecule has 110 valence electrons. The first-order valence-electron chi connectivity index (χ1n) is 6.13. The summed E-state index contributed by atoms with van der Waals surface area (Å²) in [7, 11) is 0. The monoisotopic (exact) mass is 295 g/mol. The molecule has 3 nitrogen and oxygen atoms in total. The Hall–Kier alpha value is -2.34. The molecule has 2 aromatic carbocycles. The van der Waals surface area contributed by atoms with Crippen molar-refractivity contribution in [2.24, 2.45) is 0 Å². The molecular formula is C15H12F3NO2. The molecule has 0 spiro atoms. The lowest BCUT2D eigenvalue weighted by Gasteiger charge is -2.15. The number of hydrogen-bond donors (Lipinski definition) is 2. The summed E-state index contributed by atoms with van der Waals surface area (Å²) in [6, 6.07) is 7.25. The van der Waals surface area contributed by atoms with Gasteiger partial charge in [-0.2, -0.15) is 0 Å². The lowest BCUT2D eigenvalue weighted by molar-refractivity contribution is -0.139. The predicted octanol–water partition coefficient (Wildman–Crippen LogP) is 3.02. The molecule has 1 unspecified atom stereocenters. The number of nitrogens with one attached hydrogen (secondary N) is 1. The largest absolute Gasteiger partial charge is 0.480 e. The van der Waals surface area contributed by atoms with Gasteiger partial charge >= 0.3 is 5.97 Å². The van der Waals surface area contributed by atoms with Crippen LogP contribution in [0.5, 0.6) is 0 Å². The minimum absolute atomic E-state index is 0.100. The summed E-state index contributed by atoms with van der Waals surface area (Å²) in [5.74, 6) is -3.76. The first-order chi connectivity index (χ1) is 9.97. The molecule has 21 heavy (non-hydrogen) atoms. The van der Waals surface area contributed by atoms with Crippen molar-refractivity contribution in [2.75, 3.05) is 0 Å². The molecule has 0 aliphatic carbocycles. The van der Waals surface area contributed by atoms with Crippen LogP contribution in [0.15, 0.2) is 42.5 Å². The second-order valence-corrected chi connectivity index (χ2v) is 4.45. The molecule has 0 bridgehead atoms. The molecule has 2 rings (SSSR count). The summed E-state index contributed by atoms with van der Waals surface area (Å²) < 4.78 is 38.8. The van der Waals surface area contributed by atoms with Crippen LogP contribution in [0.1, 0.15) is 17.2 Å². The lowest BCUT2D eigenvalue weighted by atomic mass is 10.1. The van der Waals surface area contributed by atoms with E-state index in [4.69, 9.17) is 0 Å². The van der Waals surface area contributed by atoms with E-state index in [0.29, 0.717) is 5.56 Å². The van der Waals surface area contributed by atoms with E-state index < -0.39 is 29.5 Å². The Morgan fingerprint density at radius 1 is 1.05 bits per heavy atom. The van der Waals surface area contributed by atoms with Crippen LogP contribution in [0.2, 0.25) is 0 Å². The number of halogens is 3. The van der Waals surface area contributed by atoms with Crippen LogP contribution in [0, 0.1) is 17.5 Å². The highest BCUT2D eigenvalue weighted by Gasteiger charge is 2.20. The summed E-state index contributed by atoms with van der Waals surface area (Å²) in [4.78, 5) is 11.2. The van der Waals surface area contributed by atoms with E-state index in [-0.39, 0.29) is 12.1 Å². The third-order valence-corrected chi connectivity index (χ3v) is 2.95. The third kappa shape index (κ3) is 3.82. The average Bonchev–Trinajstić information content (AvgIpc) is 2.44. The fourth-order valence-corrected chi connectivity index (χ4v) is 1.86. The molecule has 0 amide bonds. The van der Waals surface area contributed by atoms with Gasteiger partial charge in [-0.15, -0.1) is 0 Å². The van der Waals surface area contributed by atoms with Crippen molar-refractivity contribution < 1.29 is 23.1 Å². The molecule has 1 atom stereocenters. The van der Waals surface area contributed by atoms with E-state index in [1.165, 1.54) is 30.3 Å². The Balaban J connectivity index is 2.14. The van der Waals surface area contributed by atoms with Crippen molar-refractivity contribution in [1.82, 2.24) is 5.32 Å². The molecule has 0 heterocycles. The van der Waals surface area contributed by atoms with Crippen molar-refractivity contribution >= 4 is 5.97 Å². The van der Waals surface area contributed by atoms with Gasteiger partial charge in [-0.3, -0.25) is 10.1 Å². The maximum Gasteiger partial charge on any atom is 0.325 e. The number of carboxylic acids is 1. The van der Waals surface area contributed by atoms with Gasteiger partial charge in [0.2, 0.25) is 0 Å². The Labute approximate surface area is 119 Å². The van der Waals surface area contributed by atoms with Crippen LogP contribution in [0.25, 0.3) is 0 Å². The number of carboxylic acid groups (broad SMARTS) is 1. The molecule has 2 N–H and O–H groups in total. The third-order valence-electron chi connectivity index (χ3n) is 2.95. The topological polar surface area (TPSA) is 49.3 Å². The number of rotatable bonds is 5. The molecule has 0 aromatic heterocycles. The minimum Gasteiger partial charge on any atom is -0.480 e. The Kier molecular flexibility index (Phi) is 4.59. The molecular weight excluding hydrogens is 283 g/mol. The highest BCUT2D eigenvalue weighted by molar-refractivity contribution is 5.75. The fraction of sp³-hybridized carbons (Fsp3) is 0.133. The van der Waals surface area contributed by atoms with Gasteiger partial charge in [-0.25, -0.2) is 13.2 Å². The first-order valence-corrected chi connectivity index (χ1v) is 6.13. The zero-order valence-corrected chi connectivity index (χ0v) is 10.8. The SMILES string of the molecule is O=C(O)C(NCc1ccc(F)cc1)c1ccc(F)c(F)c1. The Morgan fingerprint density at radius 3 is 2.29 bits per heavy atom. The van der Waals surface area contributed by atoms with Crippen LogP contribution in [-0.4, -0.2) is 11.1 Å². The van der Waals surface area contributed by atoms with Crippen LogP contribution in [-0.2, 0) is 11.3 Å². The van der Waals surface area contributed by atoms with Gasteiger partial charge < -0.3 is 5.11 Å². The van der Waals surface area contributed by atoms with Gasteiger partial charge in [0, 0.05) is 6.54 Å². The van der Waals surface area contributed by atoms with Crippen molar-refractivity contribution in [2.45, 2.75) is 12.6 Å². The summed E-state index contributed by atoms with van der Waals surface area (Å²) in [5, 5.41) is 11.9. The van der Waals surface area contributed by atoms with Gasteiger partial charge in [0.25, 0.3) is 0 Å². The van der Waals surface area contributed by atoms with Crippen LogP contribution < -0.4 is 5.32 Å². The van der Waals surface area contributed by atoms with Gasteiger partial charge in [0.05, 0.1) is 0 Å². The first kappa shape index (κ1) is 15.1. The van der Waals surface area contributed by atoms with E-state index in [9.17, 15) is 23.1 Å². The minimum atomic E-state index is -1.22. The standard InChI is InChI=1S/C15H12F3NO2/c16-11-4-1-9(2-5-11)8-19-14(15(20)21)10-3-6-12(17)13(18)7-10/h1-7,14,19H,8H2,(H,20,21). The molecule has 2 aromatic rings. The van der Waals surface area contributed by atoms with Crippen molar-refractivity contribution in [3.05, 3.63) is 71.0 Å². The highest BCUT2D eigenvalue weighted by atomic mass is 19.2. The van der Waals surface area contributed by atoms with E-state index in [1.54, 1.807) is 0 Å². The van der Waals surface area contributed by atoms with Crippen LogP contribution >= 0.6 is 0 Å². The number of aliphatic carboxylic acids is 1. The van der Waals surface area contributed by atoms with Crippen molar-refractivity contribution in [1.29, 1.82) is 0 Å². The van der Waals surface area contributed by atoms with Gasteiger partial charge in [-0.05, 0) is 35.4 Å². The molecule has 0 fully saturated rings. The predicted molar refractivity (Wildman–Crippen MR) is 70.0 cm³/mol. The Morgan fingerprint density at radius 2 is 1.71 bits per heavy atom. The van der Waals surface area contributed by atoms with Gasteiger partial charge in [0.15, 0.2) is 11.6 Å². The second kappa shape index (κ2) is 6.41. The van der Waals surface area contributed by atoms with Gasteiger partial charge in [-0.1, -0.05) is 18.2 Å². The lowest BCUT2D eigenvalue weighted by Crippen LogP contribution is -2.28. The summed E-state index contributed by atoms with van der Waals surface area (Å²) >= 11 is 0. The van der Waals surface area contributed by atoms with Gasteiger partial charge in [0.1, 0.15) is 11.9 Å². The molecule has 0 saturated carbocycles. The smallest absolute Gasteiger partial charge is 0.325 e. The second-order valence-electron chi connectivity index (χ2n) is 4.45. The number of hydrogen-bond acceptors (Lipinski definition) is 2. The van der Waals surface area contributed by atoms with E-state index in [0.717, 1.165) is 12.1 Å². The highest BCUT2D eigenvalue weighted by Crippen LogP contribution is 2.17. The normalized spacial score (nSPS) is 12.1. The maximum atomic E-state index is 13.2. The quantitative estimate of drug-likeness (QED) is 0.891. The number of carbonyl (C=O) groups is 1. The number of benzene rings is 2. The Bertz CT molecular complexity index is 644. The zero-order chi connectivity index (χ0) is 15.4. The molecule has 0 aliphatic heterocycles. The molecule has 6 heteroatoms. The summed E-state index contributed by atoms with van der Waals surface area (Å²) in [6.07, 6.45) is 0. The van der Waals surface area contributed by atoms with Crippen LogP contribution in [0.3, 0.4) is 0 Å². The van der Waals surface area contributed by atoms with Crippen molar-refractivity contribution in [3.63, 3.8) is 0 Å². The molecule has 0 radical (unpaired) electrons. The fourth-order valence-electron chi connectivity index (χ4n) is 1.86. The summed E-state index contributed by atoms with van der Waals surface area (Å²) in [5.41, 5.74) is 0.772. The molecule has 0 saturated heterocycles.